The fourth-order valence-corrected chi connectivity index (χ4v) is 2.05. The third kappa shape index (κ3) is 3.20. The Kier molecular flexibility index (Phi) is 5.09. The highest BCUT2D eigenvalue weighted by molar-refractivity contribution is 5.77. The first-order valence-electron chi connectivity index (χ1n) is 6.13. The minimum Gasteiger partial charge on any atom is -0.465 e. The largest absolute Gasteiger partial charge is 0.465 e. The first-order chi connectivity index (χ1) is 7.25. The normalized spacial score (nSPS) is 26.3. The molecule has 1 rings (SSSR count). The molecule has 88 valence electrons. The van der Waals surface area contributed by atoms with Crippen LogP contribution in [0.15, 0.2) is 0 Å². The lowest BCUT2D eigenvalue weighted by atomic mass is 9.78. The third-order valence-corrected chi connectivity index (χ3v) is 3.31. The van der Waals surface area contributed by atoms with Crippen molar-refractivity contribution in [3.8, 4) is 0 Å². The number of unbranched alkanes of at least 4 members (excludes halogenated alkanes) is 1. The van der Waals surface area contributed by atoms with Crippen molar-refractivity contribution in [3.63, 3.8) is 0 Å². The van der Waals surface area contributed by atoms with Gasteiger partial charge in [-0.2, -0.15) is 0 Å². The van der Waals surface area contributed by atoms with Crippen LogP contribution in [0.3, 0.4) is 0 Å². The fraction of sp³-hybridized carbons (Fsp3) is 0.917. The summed E-state index contributed by atoms with van der Waals surface area (Å²) in [7, 11) is 0. The average molecular weight is 213 g/mol. The summed E-state index contributed by atoms with van der Waals surface area (Å²) in [5, 5.41) is 3.30. The standard InChI is InChI=1S/C12H23NO2/c1-3-5-9-15-11(14)12(4-2)7-6-8-13-10-12/h13H,3-10H2,1-2H3. The Morgan fingerprint density at radius 2 is 2.27 bits per heavy atom. The summed E-state index contributed by atoms with van der Waals surface area (Å²) in [6.07, 6.45) is 4.98. The first kappa shape index (κ1) is 12.5. The second-order valence-electron chi connectivity index (χ2n) is 4.40. The number of hydrogen-bond acceptors (Lipinski definition) is 3. The van der Waals surface area contributed by atoms with Crippen LogP contribution in [0.25, 0.3) is 0 Å². The van der Waals surface area contributed by atoms with Gasteiger partial charge in [0.25, 0.3) is 0 Å². The molecule has 0 spiro atoms. The number of piperidine rings is 1. The Bertz CT molecular complexity index is 198. The Labute approximate surface area is 92.6 Å². The van der Waals surface area contributed by atoms with Crippen LogP contribution in [-0.4, -0.2) is 25.7 Å². The first-order valence-corrected chi connectivity index (χ1v) is 6.13. The van der Waals surface area contributed by atoms with E-state index >= 15 is 0 Å². The number of esters is 1. The van der Waals surface area contributed by atoms with Crippen LogP contribution in [-0.2, 0) is 9.53 Å². The molecule has 0 aliphatic carbocycles. The lowest BCUT2D eigenvalue weighted by Gasteiger charge is -2.34. The molecule has 0 amide bonds. The smallest absolute Gasteiger partial charge is 0.313 e. The molecule has 1 unspecified atom stereocenters. The third-order valence-electron chi connectivity index (χ3n) is 3.31. The molecule has 1 aliphatic rings. The Morgan fingerprint density at radius 1 is 1.47 bits per heavy atom. The number of ether oxygens (including phenoxy) is 1. The van der Waals surface area contributed by atoms with E-state index in [-0.39, 0.29) is 11.4 Å². The summed E-state index contributed by atoms with van der Waals surface area (Å²) in [5.74, 6) is 0.00523. The molecule has 0 aromatic rings. The van der Waals surface area contributed by atoms with Crippen molar-refractivity contribution in [3.05, 3.63) is 0 Å². The van der Waals surface area contributed by atoms with E-state index in [1.54, 1.807) is 0 Å². The molecule has 1 aliphatic heterocycles. The van der Waals surface area contributed by atoms with Gasteiger partial charge in [-0.15, -0.1) is 0 Å². The zero-order valence-electron chi connectivity index (χ0n) is 9.97. The number of hydrogen-bond donors (Lipinski definition) is 1. The summed E-state index contributed by atoms with van der Waals surface area (Å²) in [6.45, 7) is 6.58. The van der Waals surface area contributed by atoms with E-state index in [9.17, 15) is 4.79 Å². The highest BCUT2D eigenvalue weighted by atomic mass is 16.5. The van der Waals surface area contributed by atoms with E-state index in [2.05, 4.69) is 19.2 Å². The molecule has 0 bridgehead atoms. The molecule has 1 heterocycles. The number of rotatable bonds is 5. The molecule has 1 N–H and O–H groups in total. The molecule has 0 saturated carbocycles. The van der Waals surface area contributed by atoms with Crippen LogP contribution in [0.2, 0.25) is 0 Å². The van der Waals surface area contributed by atoms with Crippen molar-refractivity contribution < 1.29 is 9.53 Å². The molecule has 0 aromatic carbocycles. The highest BCUT2D eigenvalue weighted by Crippen LogP contribution is 2.31. The zero-order chi connectivity index (χ0) is 11.1. The van der Waals surface area contributed by atoms with Gasteiger partial charge in [-0.1, -0.05) is 20.3 Å². The van der Waals surface area contributed by atoms with Gasteiger partial charge in [0, 0.05) is 6.54 Å². The van der Waals surface area contributed by atoms with Gasteiger partial charge < -0.3 is 10.1 Å². The Hall–Kier alpha value is -0.570. The Balaban J connectivity index is 2.45. The van der Waals surface area contributed by atoms with Gasteiger partial charge in [-0.25, -0.2) is 0 Å². The van der Waals surface area contributed by atoms with Gasteiger partial charge in [-0.05, 0) is 32.2 Å². The SMILES string of the molecule is CCCCOC(=O)C1(CC)CCCNC1. The predicted molar refractivity (Wildman–Crippen MR) is 60.7 cm³/mol. The van der Waals surface area contributed by atoms with E-state index in [1.807, 2.05) is 0 Å². The molecular formula is C12H23NO2. The van der Waals surface area contributed by atoms with E-state index < -0.39 is 0 Å². The molecule has 15 heavy (non-hydrogen) atoms. The van der Waals surface area contributed by atoms with Gasteiger partial charge in [0.05, 0.1) is 12.0 Å². The summed E-state index contributed by atoms with van der Waals surface area (Å²) in [4.78, 5) is 12.0. The topological polar surface area (TPSA) is 38.3 Å². The van der Waals surface area contributed by atoms with E-state index in [0.29, 0.717) is 6.61 Å². The van der Waals surface area contributed by atoms with E-state index in [4.69, 9.17) is 4.74 Å². The van der Waals surface area contributed by atoms with Crippen molar-refractivity contribution in [1.82, 2.24) is 5.32 Å². The maximum atomic E-state index is 12.0. The van der Waals surface area contributed by atoms with Gasteiger partial charge >= 0.3 is 5.97 Å². The van der Waals surface area contributed by atoms with E-state index in [1.165, 1.54) is 0 Å². The average Bonchev–Trinajstić information content (AvgIpc) is 2.30. The van der Waals surface area contributed by atoms with Gasteiger partial charge in [0.2, 0.25) is 0 Å². The minimum atomic E-state index is -0.244. The molecule has 3 nitrogen and oxygen atoms in total. The monoisotopic (exact) mass is 213 g/mol. The van der Waals surface area contributed by atoms with Gasteiger partial charge in [-0.3, -0.25) is 4.79 Å². The molecule has 0 aromatic heterocycles. The van der Waals surface area contributed by atoms with Crippen molar-refractivity contribution in [1.29, 1.82) is 0 Å². The minimum absolute atomic E-state index is 0.00523. The highest BCUT2D eigenvalue weighted by Gasteiger charge is 2.39. The lowest BCUT2D eigenvalue weighted by molar-refractivity contribution is -0.157. The van der Waals surface area contributed by atoms with Crippen molar-refractivity contribution in [2.24, 2.45) is 5.41 Å². The second-order valence-corrected chi connectivity index (χ2v) is 4.40. The van der Waals surface area contributed by atoms with Crippen molar-refractivity contribution in [2.45, 2.75) is 46.0 Å². The van der Waals surface area contributed by atoms with Crippen LogP contribution in [0.4, 0.5) is 0 Å². The molecule has 1 saturated heterocycles. The van der Waals surface area contributed by atoms with Crippen molar-refractivity contribution >= 4 is 5.97 Å². The van der Waals surface area contributed by atoms with Crippen LogP contribution in [0.1, 0.15) is 46.0 Å². The van der Waals surface area contributed by atoms with Gasteiger partial charge in [0.1, 0.15) is 0 Å². The van der Waals surface area contributed by atoms with Gasteiger partial charge in [0.15, 0.2) is 0 Å². The quantitative estimate of drug-likeness (QED) is 0.561. The summed E-state index contributed by atoms with van der Waals surface area (Å²) < 4.78 is 5.34. The van der Waals surface area contributed by atoms with Crippen molar-refractivity contribution in [2.75, 3.05) is 19.7 Å². The zero-order valence-corrected chi connectivity index (χ0v) is 9.97. The molecule has 0 radical (unpaired) electrons. The number of carbonyl (C=O) groups excluding carboxylic acids is 1. The fourth-order valence-electron chi connectivity index (χ4n) is 2.05. The predicted octanol–water partition coefficient (Wildman–Crippen LogP) is 2.11. The van der Waals surface area contributed by atoms with E-state index in [0.717, 1.165) is 45.2 Å². The summed E-state index contributed by atoms with van der Waals surface area (Å²) in [5.41, 5.74) is -0.244. The molecule has 3 heteroatoms. The second kappa shape index (κ2) is 6.11. The maximum absolute atomic E-state index is 12.0. The summed E-state index contributed by atoms with van der Waals surface area (Å²) >= 11 is 0. The van der Waals surface area contributed by atoms with Crippen LogP contribution < -0.4 is 5.32 Å². The van der Waals surface area contributed by atoms with Crippen LogP contribution >= 0.6 is 0 Å². The van der Waals surface area contributed by atoms with Crippen LogP contribution in [0, 0.1) is 5.41 Å². The summed E-state index contributed by atoms with van der Waals surface area (Å²) in [6, 6.07) is 0. The lowest BCUT2D eigenvalue weighted by Crippen LogP contribution is -2.46. The maximum Gasteiger partial charge on any atom is 0.313 e. The molecular weight excluding hydrogens is 190 g/mol. The van der Waals surface area contributed by atoms with Crippen LogP contribution in [0.5, 0.6) is 0 Å². The number of carbonyl (C=O) groups is 1. The Morgan fingerprint density at radius 3 is 2.80 bits per heavy atom. The number of nitrogens with one attached hydrogen (secondary N) is 1. The molecule has 1 atom stereocenters. The molecule has 1 fully saturated rings.